The number of nitriles is 2. The molecule has 0 bridgehead atoms. The molecule has 3 heteroatoms. The summed E-state index contributed by atoms with van der Waals surface area (Å²) in [6, 6.07) is 3.89. The molecule has 0 atom stereocenters. The Morgan fingerprint density at radius 3 is 2.69 bits per heavy atom. The minimum absolute atomic E-state index is 0.501. The molecular weight excluding hydrogens is 180 g/mol. The Bertz CT molecular complexity index is 338. The first-order valence-corrected chi connectivity index (χ1v) is 4.66. The van der Waals surface area contributed by atoms with Crippen molar-refractivity contribution in [2.24, 2.45) is 5.92 Å². The van der Waals surface area contributed by atoms with Crippen molar-refractivity contribution in [3.63, 3.8) is 0 Å². The molecule has 0 aliphatic carbocycles. The van der Waals surface area contributed by atoms with Gasteiger partial charge in [-0.3, -0.25) is 0 Å². The van der Waals surface area contributed by atoms with Crippen LogP contribution in [-0.2, 0) is 0 Å². The Morgan fingerprint density at radius 1 is 1.46 bits per heavy atom. The van der Waals surface area contributed by atoms with Gasteiger partial charge in [-0.05, 0) is 28.0 Å². The first kappa shape index (κ1) is 9.64. The Morgan fingerprint density at radius 2 is 2.15 bits per heavy atom. The number of allylic oxidation sites excluding steroid dienone is 4. The molecule has 1 heterocycles. The smallest absolute Gasteiger partial charge is 0.137 e. The van der Waals surface area contributed by atoms with Crippen molar-refractivity contribution >= 4 is 11.8 Å². The maximum atomic E-state index is 8.57. The van der Waals surface area contributed by atoms with E-state index in [-0.39, 0.29) is 0 Å². The van der Waals surface area contributed by atoms with Crippen LogP contribution in [0.4, 0.5) is 0 Å². The van der Waals surface area contributed by atoms with Gasteiger partial charge in [0.25, 0.3) is 0 Å². The van der Waals surface area contributed by atoms with Crippen LogP contribution < -0.4 is 0 Å². The molecule has 0 aromatic rings. The van der Waals surface area contributed by atoms with E-state index < -0.39 is 5.92 Å². The summed E-state index contributed by atoms with van der Waals surface area (Å²) in [5.41, 5.74) is 0.920. The van der Waals surface area contributed by atoms with Crippen molar-refractivity contribution in [2.75, 3.05) is 0 Å². The fourth-order valence-corrected chi connectivity index (χ4v) is 1.83. The summed E-state index contributed by atoms with van der Waals surface area (Å²) in [4.78, 5) is 1.03. The molecule has 64 valence electrons. The third kappa shape index (κ3) is 2.82. The summed E-state index contributed by atoms with van der Waals surface area (Å²) in [5, 5.41) is 19.1. The van der Waals surface area contributed by atoms with Crippen molar-refractivity contribution in [3.8, 4) is 12.1 Å². The Labute approximate surface area is 81.9 Å². The van der Waals surface area contributed by atoms with Gasteiger partial charge >= 0.3 is 0 Å². The van der Waals surface area contributed by atoms with E-state index in [9.17, 15) is 0 Å². The minimum atomic E-state index is -0.543. The predicted octanol–water partition coefficient (Wildman–Crippen LogP) is 2.74. The predicted molar refractivity (Wildman–Crippen MR) is 53.3 cm³/mol. The lowest BCUT2D eigenvalue weighted by Gasteiger charge is -2.08. The SMILES string of the molecule is C=C1C=CSC(CC(C#N)C#N)=C1. The lowest BCUT2D eigenvalue weighted by atomic mass is 10.1. The number of rotatable bonds is 2. The number of nitrogens with zero attached hydrogens (tertiary/aromatic N) is 2. The topological polar surface area (TPSA) is 47.6 Å². The maximum absolute atomic E-state index is 8.57. The lowest BCUT2D eigenvalue weighted by Crippen LogP contribution is -1.94. The van der Waals surface area contributed by atoms with Crippen molar-refractivity contribution in [1.82, 2.24) is 0 Å². The molecule has 0 radical (unpaired) electrons. The summed E-state index contributed by atoms with van der Waals surface area (Å²) < 4.78 is 0. The van der Waals surface area contributed by atoms with Crippen molar-refractivity contribution < 1.29 is 0 Å². The highest BCUT2D eigenvalue weighted by Gasteiger charge is 2.10. The van der Waals surface area contributed by atoms with E-state index in [2.05, 4.69) is 6.58 Å². The third-order valence-electron chi connectivity index (χ3n) is 1.56. The van der Waals surface area contributed by atoms with Crippen LogP contribution in [0.2, 0.25) is 0 Å². The lowest BCUT2D eigenvalue weighted by molar-refractivity contribution is 0.853. The molecule has 0 N–H and O–H groups in total. The van der Waals surface area contributed by atoms with Gasteiger partial charge in [0, 0.05) is 6.42 Å². The molecule has 0 spiro atoms. The molecule has 2 nitrogen and oxygen atoms in total. The zero-order valence-corrected chi connectivity index (χ0v) is 7.84. The maximum Gasteiger partial charge on any atom is 0.137 e. The molecule has 0 fully saturated rings. The van der Waals surface area contributed by atoms with Gasteiger partial charge < -0.3 is 0 Å². The normalized spacial score (nSPS) is 15.0. The van der Waals surface area contributed by atoms with E-state index in [4.69, 9.17) is 10.5 Å². The molecule has 1 rings (SSSR count). The largest absolute Gasteiger partial charge is 0.197 e. The number of thioether (sulfide) groups is 1. The minimum Gasteiger partial charge on any atom is -0.197 e. The fraction of sp³-hybridized carbons (Fsp3) is 0.200. The molecule has 0 saturated carbocycles. The molecular formula is C10H8N2S. The van der Waals surface area contributed by atoms with Gasteiger partial charge in [-0.2, -0.15) is 10.5 Å². The molecule has 1 aliphatic heterocycles. The van der Waals surface area contributed by atoms with Gasteiger partial charge in [0.15, 0.2) is 0 Å². The van der Waals surface area contributed by atoms with E-state index in [1.807, 2.05) is 29.7 Å². The highest BCUT2D eigenvalue weighted by Crippen LogP contribution is 2.29. The van der Waals surface area contributed by atoms with Crippen LogP contribution in [-0.4, -0.2) is 0 Å². The van der Waals surface area contributed by atoms with E-state index in [0.717, 1.165) is 10.5 Å². The van der Waals surface area contributed by atoms with E-state index >= 15 is 0 Å². The van der Waals surface area contributed by atoms with Crippen LogP contribution in [0.5, 0.6) is 0 Å². The Hall–Kier alpha value is -1.45. The van der Waals surface area contributed by atoms with Gasteiger partial charge in [0.1, 0.15) is 5.92 Å². The van der Waals surface area contributed by atoms with E-state index in [0.29, 0.717) is 6.42 Å². The second-order valence-corrected chi connectivity index (χ2v) is 3.65. The Kier molecular flexibility index (Phi) is 3.37. The van der Waals surface area contributed by atoms with Gasteiger partial charge in [-0.25, -0.2) is 0 Å². The van der Waals surface area contributed by atoms with Crippen molar-refractivity contribution in [1.29, 1.82) is 10.5 Å². The zero-order chi connectivity index (χ0) is 9.68. The van der Waals surface area contributed by atoms with Crippen LogP contribution >= 0.6 is 11.8 Å². The number of hydrogen-bond donors (Lipinski definition) is 0. The molecule has 13 heavy (non-hydrogen) atoms. The molecule has 0 aromatic heterocycles. The van der Waals surface area contributed by atoms with Crippen LogP contribution in [0.15, 0.2) is 34.6 Å². The molecule has 0 unspecified atom stereocenters. The number of hydrogen-bond acceptors (Lipinski definition) is 3. The monoisotopic (exact) mass is 188 g/mol. The summed E-state index contributed by atoms with van der Waals surface area (Å²) in [5.74, 6) is -0.543. The van der Waals surface area contributed by atoms with Gasteiger partial charge in [0.2, 0.25) is 0 Å². The highest BCUT2D eigenvalue weighted by molar-refractivity contribution is 8.05. The van der Waals surface area contributed by atoms with Crippen LogP contribution in [0.3, 0.4) is 0 Å². The zero-order valence-electron chi connectivity index (χ0n) is 7.03. The van der Waals surface area contributed by atoms with Crippen LogP contribution in [0, 0.1) is 28.6 Å². The molecule has 0 amide bonds. The molecule has 0 saturated heterocycles. The first-order valence-electron chi connectivity index (χ1n) is 3.78. The van der Waals surface area contributed by atoms with E-state index in [1.165, 1.54) is 0 Å². The van der Waals surface area contributed by atoms with Gasteiger partial charge in [-0.15, -0.1) is 11.8 Å². The van der Waals surface area contributed by atoms with Crippen molar-refractivity contribution in [3.05, 3.63) is 34.6 Å². The van der Waals surface area contributed by atoms with Gasteiger partial charge in [0.05, 0.1) is 12.1 Å². The average molecular weight is 188 g/mol. The second kappa shape index (κ2) is 4.54. The summed E-state index contributed by atoms with van der Waals surface area (Å²) in [7, 11) is 0. The highest BCUT2D eigenvalue weighted by atomic mass is 32.2. The summed E-state index contributed by atoms with van der Waals surface area (Å²) in [6.07, 6.45) is 4.31. The standard InChI is InChI=1S/C10H8N2S/c1-8-2-3-13-10(4-8)5-9(6-11)7-12/h2-4,9H,1,5H2. The van der Waals surface area contributed by atoms with Crippen LogP contribution in [0.25, 0.3) is 0 Å². The Balaban J connectivity index is 2.62. The molecule has 1 aliphatic rings. The second-order valence-electron chi connectivity index (χ2n) is 2.62. The van der Waals surface area contributed by atoms with Crippen molar-refractivity contribution in [2.45, 2.75) is 6.42 Å². The van der Waals surface area contributed by atoms with Crippen LogP contribution in [0.1, 0.15) is 6.42 Å². The quantitative estimate of drug-likeness (QED) is 0.669. The third-order valence-corrected chi connectivity index (χ3v) is 2.42. The molecule has 0 aromatic carbocycles. The first-order chi connectivity index (χ1) is 6.26. The van der Waals surface area contributed by atoms with E-state index in [1.54, 1.807) is 11.8 Å². The fourth-order valence-electron chi connectivity index (χ4n) is 0.926. The van der Waals surface area contributed by atoms with Gasteiger partial charge in [-0.1, -0.05) is 6.58 Å². The average Bonchev–Trinajstić information content (AvgIpc) is 2.14. The summed E-state index contributed by atoms with van der Waals surface area (Å²) >= 11 is 1.54. The summed E-state index contributed by atoms with van der Waals surface area (Å²) in [6.45, 7) is 3.78.